The average Bonchev–Trinajstić information content (AvgIpc) is 3.03. The van der Waals surface area contributed by atoms with Gasteiger partial charge in [-0.05, 0) is 19.1 Å². The quantitative estimate of drug-likeness (QED) is 0.641. The second-order valence-corrected chi connectivity index (χ2v) is 5.58. The van der Waals surface area contributed by atoms with Crippen LogP contribution in [0.1, 0.15) is 22.8 Å². The molecular formula is C17H14N8O. The van der Waals surface area contributed by atoms with Gasteiger partial charge in [-0.2, -0.15) is 10.5 Å². The van der Waals surface area contributed by atoms with Gasteiger partial charge in [-0.3, -0.25) is 9.36 Å². The molecule has 0 aromatic carbocycles. The minimum Gasteiger partial charge on any atom is -0.383 e. The molecule has 0 bridgehead atoms. The molecule has 0 aliphatic heterocycles. The lowest BCUT2D eigenvalue weighted by Gasteiger charge is -2.13. The van der Waals surface area contributed by atoms with Crippen molar-refractivity contribution < 1.29 is 4.79 Å². The molecule has 3 rings (SSSR count). The molecule has 0 spiro atoms. The first-order valence-electron chi connectivity index (χ1n) is 7.58. The molecule has 0 radical (unpaired) electrons. The van der Waals surface area contributed by atoms with Gasteiger partial charge in [0.05, 0.1) is 22.9 Å². The fraction of sp³-hybridized carbons (Fsp3) is 0.118. The van der Waals surface area contributed by atoms with Crippen LogP contribution >= 0.6 is 0 Å². The second-order valence-electron chi connectivity index (χ2n) is 5.58. The first-order chi connectivity index (χ1) is 12.4. The molecule has 128 valence electrons. The van der Waals surface area contributed by atoms with Gasteiger partial charge in [0.25, 0.3) is 5.91 Å². The summed E-state index contributed by atoms with van der Waals surface area (Å²) in [5.74, 6) is -0.0884. The van der Waals surface area contributed by atoms with E-state index < -0.39 is 11.9 Å². The Morgan fingerprint density at radius 1 is 1.38 bits per heavy atom. The Kier molecular flexibility index (Phi) is 4.13. The van der Waals surface area contributed by atoms with Crippen molar-refractivity contribution >= 4 is 28.4 Å². The van der Waals surface area contributed by atoms with Crippen LogP contribution in [0.25, 0.3) is 16.9 Å². The van der Waals surface area contributed by atoms with Crippen molar-refractivity contribution in [1.29, 1.82) is 10.5 Å². The van der Waals surface area contributed by atoms with E-state index in [0.29, 0.717) is 17.2 Å². The van der Waals surface area contributed by atoms with E-state index in [9.17, 15) is 4.79 Å². The minimum atomic E-state index is -0.657. The highest BCUT2D eigenvalue weighted by Gasteiger charge is 2.15. The van der Waals surface area contributed by atoms with E-state index in [0.717, 1.165) is 5.39 Å². The van der Waals surface area contributed by atoms with Gasteiger partial charge in [0.1, 0.15) is 29.4 Å². The molecule has 3 aromatic heterocycles. The third kappa shape index (κ3) is 2.85. The number of fused-ring (bicyclic) bond motifs is 1. The number of aromatic nitrogens is 3. The largest absolute Gasteiger partial charge is 0.383 e. The Hall–Kier alpha value is -4.11. The van der Waals surface area contributed by atoms with Crippen molar-refractivity contribution in [2.24, 2.45) is 5.73 Å². The number of amides is 1. The number of nitriles is 2. The number of carbonyl (C=O) groups is 1. The summed E-state index contributed by atoms with van der Waals surface area (Å²) in [5, 5.41) is 21.7. The summed E-state index contributed by atoms with van der Waals surface area (Å²) < 4.78 is 1.67. The van der Waals surface area contributed by atoms with Gasteiger partial charge < -0.3 is 16.8 Å². The number of hydrogen-bond acceptors (Lipinski definition) is 7. The number of anilines is 2. The highest BCUT2D eigenvalue weighted by molar-refractivity contribution is 5.98. The van der Waals surface area contributed by atoms with Crippen molar-refractivity contribution in [2.45, 2.75) is 13.0 Å². The fourth-order valence-corrected chi connectivity index (χ4v) is 2.51. The number of hydrogen-bond donors (Lipinski definition) is 3. The third-order valence-electron chi connectivity index (χ3n) is 3.78. The summed E-state index contributed by atoms with van der Waals surface area (Å²) >= 11 is 0. The summed E-state index contributed by atoms with van der Waals surface area (Å²) in [5.41, 5.74) is 12.5. The summed E-state index contributed by atoms with van der Waals surface area (Å²) in [4.78, 5) is 20.1. The summed E-state index contributed by atoms with van der Waals surface area (Å²) in [7, 11) is 0. The SMILES string of the molecule is C[C@H](C#N)Nc1cc(-n2ccc3cc(C#N)c(N)nc32)ncc1C(N)=O. The van der Waals surface area contributed by atoms with E-state index in [1.807, 2.05) is 12.1 Å². The van der Waals surface area contributed by atoms with E-state index in [1.165, 1.54) is 6.20 Å². The van der Waals surface area contributed by atoms with Crippen molar-refractivity contribution in [3.63, 3.8) is 0 Å². The van der Waals surface area contributed by atoms with E-state index in [2.05, 4.69) is 15.3 Å². The van der Waals surface area contributed by atoms with E-state index in [1.54, 1.807) is 35.9 Å². The van der Waals surface area contributed by atoms with Crippen molar-refractivity contribution in [3.8, 4) is 18.0 Å². The van der Waals surface area contributed by atoms with Gasteiger partial charge in [0, 0.05) is 23.8 Å². The zero-order chi connectivity index (χ0) is 18.8. The number of primary amides is 1. The van der Waals surface area contributed by atoms with Crippen LogP contribution in [0, 0.1) is 22.7 Å². The van der Waals surface area contributed by atoms with Gasteiger partial charge in [0.15, 0.2) is 0 Å². The molecule has 26 heavy (non-hydrogen) atoms. The van der Waals surface area contributed by atoms with Crippen LogP contribution in [-0.2, 0) is 0 Å². The molecule has 9 heteroatoms. The van der Waals surface area contributed by atoms with Gasteiger partial charge in [-0.25, -0.2) is 9.97 Å². The van der Waals surface area contributed by atoms with E-state index in [4.69, 9.17) is 22.0 Å². The molecule has 3 aromatic rings. The Bertz CT molecular complexity index is 1100. The molecular weight excluding hydrogens is 332 g/mol. The average molecular weight is 346 g/mol. The highest BCUT2D eigenvalue weighted by atomic mass is 16.1. The predicted molar refractivity (Wildman–Crippen MR) is 95.2 cm³/mol. The van der Waals surface area contributed by atoms with Crippen LogP contribution in [0.2, 0.25) is 0 Å². The second kappa shape index (κ2) is 6.42. The molecule has 0 unspecified atom stereocenters. The number of nitrogens with two attached hydrogens (primary N) is 2. The van der Waals surface area contributed by atoms with Crippen LogP contribution < -0.4 is 16.8 Å². The van der Waals surface area contributed by atoms with Gasteiger partial charge in [-0.1, -0.05) is 0 Å². The lowest BCUT2D eigenvalue weighted by molar-refractivity contribution is 0.100. The van der Waals surface area contributed by atoms with Crippen molar-refractivity contribution in [1.82, 2.24) is 14.5 Å². The Labute approximate surface area is 148 Å². The Morgan fingerprint density at radius 3 is 2.81 bits per heavy atom. The zero-order valence-electron chi connectivity index (χ0n) is 13.8. The van der Waals surface area contributed by atoms with E-state index >= 15 is 0 Å². The van der Waals surface area contributed by atoms with Crippen LogP contribution in [0.3, 0.4) is 0 Å². The van der Waals surface area contributed by atoms with Crippen LogP contribution in [0.5, 0.6) is 0 Å². The van der Waals surface area contributed by atoms with E-state index in [-0.39, 0.29) is 16.9 Å². The maximum absolute atomic E-state index is 11.6. The number of pyridine rings is 2. The smallest absolute Gasteiger partial charge is 0.252 e. The van der Waals surface area contributed by atoms with Crippen LogP contribution in [0.15, 0.2) is 30.6 Å². The van der Waals surface area contributed by atoms with Crippen molar-refractivity contribution in [2.75, 3.05) is 11.1 Å². The summed E-state index contributed by atoms with van der Waals surface area (Å²) in [6, 6.07) is 8.51. The molecule has 1 atom stereocenters. The standard InChI is InChI=1S/C17H14N8O/c1-9(6-18)23-13-5-14(22-8-12(13)16(21)26)25-3-2-10-4-11(7-19)15(20)24-17(10)25/h2-5,8-9H,1H3,(H2,20,24)(H2,21,26)(H,22,23)/t9-/m1/s1. The third-order valence-corrected chi connectivity index (χ3v) is 3.78. The molecule has 5 N–H and O–H groups in total. The van der Waals surface area contributed by atoms with Gasteiger partial charge in [0.2, 0.25) is 0 Å². The van der Waals surface area contributed by atoms with Gasteiger partial charge >= 0.3 is 0 Å². The maximum Gasteiger partial charge on any atom is 0.252 e. The molecule has 0 saturated carbocycles. The molecule has 3 heterocycles. The lowest BCUT2D eigenvalue weighted by atomic mass is 10.2. The minimum absolute atomic E-state index is 0.116. The molecule has 0 aliphatic rings. The summed E-state index contributed by atoms with van der Waals surface area (Å²) in [6.45, 7) is 1.65. The molecule has 0 fully saturated rings. The monoisotopic (exact) mass is 346 g/mol. The first kappa shape index (κ1) is 16.7. The predicted octanol–water partition coefficient (Wildman–Crippen LogP) is 1.30. The number of nitrogens with one attached hydrogen (secondary N) is 1. The topological polar surface area (TPSA) is 159 Å². The maximum atomic E-state index is 11.6. The van der Waals surface area contributed by atoms with Gasteiger partial charge in [-0.15, -0.1) is 0 Å². The number of nitrogen functional groups attached to an aromatic ring is 1. The first-order valence-corrected chi connectivity index (χ1v) is 7.58. The number of nitrogens with zero attached hydrogens (tertiary/aromatic N) is 5. The number of rotatable bonds is 4. The molecule has 0 aliphatic carbocycles. The van der Waals surface area contributed by atoms with Crippen LogP contribution in [0.4, 0.5) is 11.5 Å². The zero-order valence-corrected chi connectivity index (χ0v) is 13.8. The Balaban J connectivity index is 2.15. The highest BCUT2D eigenvalue weighted by Crippen LogP contribution is 2.24. The fourth-order valence-electron chi connectivity index (χ4n) is 2.51. The molecule has 1 amide bonds. The van der Waals surface area contributed by atoms with Crippen molar-refractivity contribution in [3.05, 3.63) is 41.7 Å². The summed E-state index contributed by atoms with van der Waals surface area (Å²) in [6.07, 6.45) is 3.06. The number of carbonyl (C=O) groups excluding carboxylic acids is 1. The van der Waals surface area contributed by atoms with Crippen LogP contribution in [-0.4, -0.2) is 26.5 Å². The molecule has 0 saturated heterocycles. The Morgan fingerprint density at radius 2 is 2.15 bits per heavy atom. The molecule has 9 nitrogen and oxygen atoms in total. The normalized spacial score (nSPS) is 11.5. The lowest BCUT2D eigenvalue weighted by Crippen LogP contribution is -2.19.